The number of aryl methyl sites for hydroxylation is 2. The molecule has 1 aliphatic rings. The normalized spacial score (nSPS) is 23.3. The second-order valence-corrected chi connectivity index (χ2v) is 5.18. The average Bonchev–Trinajstić information content (AvgIpc) is 2.33. The second-order valence-electron chi connectivity index (χ2n) is 3.89. The molecule has 0 radical (unpaired) electrons. The van der Waals surface area contributed by atoms with Crippen LogP contribution in [0.25, 0.3) is 0 Å². The number of rotatable bonds is 0. The van der Waals surface area contributed by atoms with Gasteiger partial charge in [0.05, 0.1) is 0 Å². The van der Waals surface area contributed by atoms with Crippen molar-refractivity contribution >= 4 is 11.3 Å². The van der Waals surface area contributed by atoms with Crippen LogP contribution in [0, 0.1) is 6.92 Å². The van der Waals surface area contributed by atoms with E-state index in [1.54, 1.807) is 10.4 Å². The lowest BCUT2D eigenvalue weighted by molar-refractivity contribution is 0.639. The molecule has 0 aromatic carbocycles. The second kappa shape index (κ2) is 3.21. The summed E-state index contributed by atoms with van der Waals surface area (Å²) >= 11 is 2.01. The molecule has 0 aliphatic heterocycles. The molecule has 12 heavy (non-hydrogen) atoms. The van der Waals surface area contributed by atoms with Crippen LogP contribution in [0.15, 0.2) is 6.07 Å². The van der Waals surface area contributed by atoms with Crippen molar-refractivity contribution in [2.75, 3.05) is 0 Å². The summed E-state index contributed by atoms with van der Waals surface area (Å²) in [6.45, 7) is 4.60. The molecular formula is C11H16S. The lowest BCUT2D eigenvalue weighted by atomic mass is 10.0. The van der Waals surface area contributed by atoms with Gasteiger partial charge < -0.3 is 0 Å². The largest absolute Gasteiger partial charge is 0.145 e. The van der Waals surface area contributed by atoms with E-state index >= 15 is 0 Å². The minimum absolute atomic E-state index is 0.821. The molecule has 1 heteroatoms. The van der Waals surface area contributed by atoms with Crippen LogP contribution in [0.4, 0.5) is 0 Å². The summed E-state index contributed by atoms with van der Waals surface area (Å²) in [5, 5.41) is 0. The molecule has 0 N–H and O–H groups in total. The Hall–Kier alpha value is -0.300. The summed E-state index contributed by atoms with van der Waals surface area (Å²) < 4.78 is 0. The van der Waals surface area contributed by atoms with Crippen LogP contribution in [0.1, 0.15) is 47.4 Å². The predicted octanol–water partition coefficient (Wildman–Crippen LogP) is 3.89. The Morgan fingerprint density at radius 2 is 2.25 bits per heavy atom. The van der Waals surface area contributed by atoms with E-state index < -0.39 is 0 Å². The number of fused-ring (bicyclic) bond motifs is 1. The summed E-state index contributed by atoms with van der Waals surface area (Å²) in [4.78, 5) is 3.17. The maximum absolute atomic E-state index is 2.39. The van der Waals surface area contributed by atoms with Crippen LogP contribution in [-0.4, -0.2) is 0 Å². The van der Waals surface area contributed by atoms with Crippen molar-refractivity contribution in [1.29, 1.82) is 0 Å². The molecular weight excluding hydrogens is 164 g/mol. The molecule has 0 nitrogen and oxygen atoms in total. The first-order valence-electron chi connectivity index (χ1n) is 4.86. The molecule has 1 atom stereocenters. The Morgan fingerprint density at radius 3 is 3.08 bits per heavy atom. The summed E-state index contributed by atoms with van der Waals surface area (Å²) in [5.74, 6) is 0.821. The molecule has 0 spiro atoms. The van der Waals surface area contributed by atoms with Crippen molar-refractivity contribution in [1.82, 2.24) is 0 Å². The fraction of sp³-hybridized carbons (Fsp3) is 0.636. The molecule has 0 unspecified atom stereocenters. The average molecular weight is 180 g/mol. The summed E-state index contributed by atoms with van der Waals surface area (Å²) in [6, 6.07) is 2.39. The van der Waals surface area contributed by atoms with E-state index in [1.165, 1.54) is 30.6 Å². The van der Waals surface area contributed by atoms with Crippen LogP contribution in [0.2, 0.25) is 0 Å². The fourth-order valence-electron chi connectivity index (χ4n) is 2.09. The van der Waals surface area contributed by atoms with E-state index in [-0.39, 0.29) is 0 Å². The maximum atomic E-state index is 2.39. The Bertz CT molecular complexity index is 273. The lowest BCUT2D eigenvalue weighted by Gasteiger charge is -2.05. The monoisotopic (exact) mass is 180 g/mol. The van der Waals surface area contributed by atoms with Crippen molar-refractivity contribution < 1.29 is 0 Å². The highest BCUT2D eigenvalue weighted by molar-refractivity contribution is 7.12. The molecule has 1 aliphatic carbocycles. The number of thiophene rings is 1. The van der Waals surface area contributed by atoms with Gasteiger partial charge in [-0.3, -0.25) is 0 Å². The highest BCUT2D eigenvalue weighted by Gasteiger charge is 2.16. The van der Waals surface area contributed by atoms with Gasteiger partial charge >= 0.3 is 0 Å². The van der Waals surface area contributed by atoms with Crippen molar-refractivity contribution in [2.24, 2.45) is 0 Å². The quantitative estimate of drug-likeness (QED) is 0.531. The summed E-state index contributed by atoms with van der Waals surface area (Å²) in [7, 11) is 0. The standard InChI is InChI=1S/C11H16S/c1-8-5-3-4-6-10-7-9(2)12-11(8)10/h7-8H,3-6H2,1-2H3/t8-/m0/s1. The Kier molecular flexibility index (Phi) is 2.22. The van der Waals surface area contributed by atoms with Crippen molar-refractivity contribution in [3.8, 4) is 0 Å². The molecule has 2 rings (SSSR count). The van der Waals surface area contributed by atoms with Crippen LogP contribution in [-0.2, 0) is 6.42 Å². The van der Waals surface area contributed by atoms with Gasteiger partial charge in [-0.2, -0.15) is 0 Å². The lowest BCUT2D eigenvalue weighted by Crippen LogP contribution is -1.88. The molecule has 66 valence electrons. The Morgan fingerprint density at radius 1 is 1.42 bits per heavy atom. The van der Waals surface area contributed by atoms with Gasteiger partial charge in [0.1, 0.15) is 0 Å². The Balaban J connectivity index is 2.38. The third-order valence-corrected chi connectivity index (χ3v) is 4.07. The third kappa shape index (κ3) is 1.42. The first-order valence-corrected chi connectivity index (χ1v) is 5.68. The minimum atomic E-state index is 0.821. The zero-order valence-corrected chi connectivity index (χ0v) is 8.71. The van der Waals surface area contributed by atoms with Gasteiger partial charge in [-0.25, -0.2) is 0 Å². The van der Waals surface area contributed by atoms with Gasteiger partial charge in [0.25, 0.3) is 0 Å². The molecule has 0 saturated carbocycles. The van der Waals surface area contributed by atoms with E-state index in [0.29, 0.717) is 0 Å². The van der Waals surface area contributed by atoms with Gasteiger partial charge in [0.2, 0.25) is 0 Å². The van der Waals surface area contributed by atoms with Crippen molar-refractivity contribution in [2.45, 2.75) is 45.4 Å². The van der Waals surface area contributed by atoms with Crippen LogP contribution < -0.4 is 0 Å². The molecule has 1 heterocycles. The topological polar surface area (TPSA) is 0 Å². The van der Waals surface area contributed by atoms with E-state index in [4.69, 9.17) is 0 Å². The fourth-order valence-corrected chi connectivity index (χ4v) is 3.25. The van der Waals surface area contributed by atoms with Crippen LogP contribution in [0.3, 0.4) is 0 Å². The van der Waals surface area contributed by atoms with E-state index in [1.807, 2.05) is 11.3 Å². The molecule has 1 aromatic heterocycles. The first-order chi connectivity index (χ1) is 5.77. The van der Waals surface area contributed by atoms with Gasteiger partial charge in [-0.15, -0.1) is 11.3 Å². The molecule has 0 bridgehead atoms. The smallest absolute Gasteiger partial charge is 0.0108 e. The SMILES string of the molecule is Cc1cc2c(s1)[C@@H](C)CCCC2. The molecule has 0 saturated heterocycles. The molecule has 0 amide bonds. The number of hydrogen-bond acceptors (Lipinski definition) is 1. The molecule has 0 fully saturated rings. The summed E-state index contributed by atoms with van der Waals surface area (Å²) in [6.07, 6.45) is 5.53. The predicted molar refractivity (Wildman–Crippen MR) is 55.0 cm³/mol. The van der Waals surface area contributed by atoms with E-state index in [9.17, 15) is 0 Å². The van der Waals surface area contributed by atoms with Crippen LogP contribution in [0.5, 0.6) is 0 Å². The third-order valence-electron chi connectivity index (χ3n) is 2.75. The van der Waals surface area contributed by atoms with E-state index in [0.717, 1.165) is 5.92 Å². The maximum Gasteiger partial charge on any atom is 0.0108 e. The van der Waals surface area contributed by atoms with Gasteiger partial charge in [-0.05, 0) is 43.7 Å². The number of hydrogen-bond donors (Lipinski definition) is 0. The van der Waals surface area contributed by atoms with Gasteiger partial charge in [-0.1, -0.05) is 13.3 Å². The zero-order chi connectivity index (χ0) is 8.55. The minimum Gasteiger partial charge on any atom is -0.145 e. The highest BCUT2D eigenvalue weighted by Crippen LogP contribution is 2.35. The van der Waals surface area contributed by atoms with Gasteiger partial charge in [0, 0.05) is 9.75 Å². The van der Waals surface area contributed by atoms with Crippen molar-refractivity contribution in [3.63, 3.8) is 0 Å². The van der Waals surface area contributed by atoms with Crippen LogP contribution >= 0.6 is 11.3 Å². The van der Waals surface area contributed by atoms with Crippen molar-refractivity contribution in [3.05, 3.63) is 21.4 Å². The first kappa shape index (κ1) is 8.31. The van der Waals surface area contributed by atoms with Gasteiger partial charge in [0.15, 0.2) is 0 Å². The zero-order valence-electron chi connectivity index (χ0n) is 7.89. The summed E-state index contributed by atoms with van der Waals surface area (Å²) in [5.41, 5.74) is 1.64. The van der Waals surface area contributed by atoms with E-state index in [2.05, 4.69) is 19.9 Å². The molecule has 1 aromatic rings. The Labute approximate surface area is 78.6 Å². The highest BCUT2D eigenvalue weighted by atomic mass is 32.1.